The smallest absolute Gasteiger partial charge is 0.218 e. The molecule has 1 aromatic carbocycles. The van der Waals surface area contributed by atoms with Crippen molar-refractivity contribution in [3.05, 3.63) is 52.8 Å². The summed E-state index contributed by atoms with van der Waals surface area (Å²) < 4.78 is 2.37. The van der Waals surface area contributed by atoms with E-state index < -0.39 is 0 Å². The zero-order chi connectivity index (χ0) is 21.0. The number of benzene rings is 1. The summed E-state index contributed by atoms with van der Waals surface area (Å²) >= 11 is 0. The third-order valence-electron chi connectivity index (χ3n) is 8.00. The van der Waals surface area contributed by atoms with Gasteiger partial charge in [-0.2, -0.15) is 4.57 Å². The van der Waals surface area contributed by atoms with Gasteiger partial charge in [0.05, 0.1) is 0 Å². The molecule has 156 valence electrons. The minimum atomic E-state index is 0.190. The molecule has 1 aliphatic heterocycles. The van der Waals surface area contributed by atoms with E-state index in [0.29, 0.717) is 11.5 Å². The Hall–Kier alpha value is -1.83. The predicted octanol–water partition coefficient (Wildman–Crippen LogP) is 6.52. The summed E-state index contributed by atoms with van der Waals surface area (Å²) in [6.07, 6.45) is 10.6. The summed E-state index contributed by atoms with van der Waals surface area (Å²) in [5, 5.41) is 0. The van der Waals surface area contributed by atoms with Gasteiger partial charge in [0.1, 0.15) is 0 Å². The predicted molar refractivity (Wildman–Crippen MR) is 123 cm³/mol. The van der Waals surface area contributed by atoms with Crippen LogP contribution in [0, 0.1) is 33.1 Å². The lowest BCUT2D eigenvalue weighted by Crippen LogP contribution is -2.45. The normalized spacial score (nSPS) is 23.0. The number of aryl methyl sites for hydroxylation is 3. The average Bonchev–Trinajstić information content (AvgIpc) is 2.83. The fraction of sp³-hybridized carbons (Fsp3) is 0.593. The van der Waals surface area contributed by atoms with Gasteiger partial charge in [0.2, 0.25) is 5.69 Å². The monoisotopic (exact) mass is 391 g/mol. The molecule has 1 saturated heterocycles. The quantitative estimate of drug-likeness (QED) is 0.528. The van der Waals surface area contributed by atoms with E-state index in [0.717, 1.165) is 0 Å². The van der Waals surface area contributed by atoms with Gasteiger partial charge in [0.15, 0.2) is 11.9 Å². The second-order valence-electron chi connectivity index (χ2n) is 10.5. The average molecular weight is 392 g/mol. The van der Waals surface area contributed by atoms with Crippen LogP contribution < -0.4 is 9.47 Å². The summed E-state index contributed by atoms with van der Waals surface area (Å²) in [4.78, 5) is 2.81. The van der Waals surface area contributed by atoms with Gasteiger partial charge in [0, 0.05) is 47.5 Å². The topological polar surface area (TPSA) is 7.12 Å². The van der Waals surface area contributed by atoms with Gasteiger partial charge in [-0.15, -0.1) is 0 Å². The van der Waals surface area contributed by atoms with Gasteiger partial charge < -0.3 is 4.90 Å². The summed E-state index contributed by atoms with van der Waals surface area (Å²) in [5.74, 6) is 0. The van der Waals surface area contributed by atoms with Crippen LogP contribution in [0.2, 0.25) is 0 Å². The van der Waals surface area contributed by atoms with Crippen molar-refractivity contribution in [2.45, 2.75) is 98.6 Å². The maximum Gasteiger partial charge on any atom is 0.218 e. The van der Waals surface area contributed by atoms with Crippen LogP contribution >= 0.6 is 0 Å². The molecule has 0 radical (unpaired) electrons. The van der Waals surface area contributed by atoms with Crippen LogP contribution in [0.25, 0.3) is 5.69 Å². The van der Waals surface area contributed by atoms with Gasteiger partial charge in [-0.25, -0.2) is 0 Å². The molecule has 2 aromatic rings. The maximum atomic E-state index is 2.81. The summed E-state index contributed by atoms with van der Waals surface area (Å²) in [6, 6.07) is 9.48. The number of hydrogen-bond donors (Lipinski definition) is 0. The summed E-state index contributed by atoms with van der Waals surface area (Å²) in [6.45, 7) is 16.6. The molecule has 1 atom stereocenters. The van der Waals surface area contributed by atoms with E-state index in [1.54, 1.807) is 0 Å². The fourth-order valence-electron chi connectivity index (χ4n) is 6.93. The van der Waals surface area contributed by atoms with E-state index in [1.165, 1.54) is 72.3 Å². The zero-order valence-electron chi connectivity index (χ0n) is 19.6. The first-order valence-electron chi connectivity index (χ1n) is 11.6. The molecule has 2 heterocycles. The first-order valence-corrected chi connectivity index (χ1v) is 11.6. The number of anilines is 1. The molecule has 0 amide bonds. The Labute approximate surface area is 178 Å². The van der Waals surface area contributed by atoms with Crippen molar-refractivity contribution < 1.29 is 4.57 Å². The highest BCUT2D eigenvalue weighted by atomic mass is 15.3. The van der Waals surface area contributed by atoms with E-state index >= 15 is 0 Å². The SMILES string of the molecule is Cc1cc(C)c(-[n+]2ccccc2C)c(C)c1N1[C@H](C)C2(CCCCC2)CC1(C)C. The molecule has 2 heteroatoms. The molecule has 2 aliphatic rings. The van der Waals surface area contributed by atoms with Crippen LogP contribution in [0.15, 0.2) is 30.5 Å². The zero-order valence-corrected chi connectivity index (χ0v) is 19.6. The standard InChI is InChI=1S/C27H39N2/c1-19-17-20(2)25(22(4)24(19)28-16-12-9-13-21(28)3)29-23(5)27(18-26(29,6)7)14-10-8-11-15-27/h9,12-13,16-17,23H,8,10-11,14-15,18H2,1-7H3/q+1/t23-/m1/s1. The minimum Gasteiger partial charge on any atom is -0.362 e. The molecular formula is C27H39N2+. The van der Waals surface area contributed by atoms with Crippen LogP contribution in [0.5, 0.6) is 0 Å². The highest BCUT2D eigenvalue weighted by Gasteiger charge is 2.54. The van der Waals surface area contributed by atoms with E-state index in [1.807, 2.05) is 0 Å². The van der Waals surface area contributed by atoms with Crippen LogP contribution in [-0.2, 0) is 0 Å². The van der Waals surface area contributed by atoms with Crippen molar-refractivity contribution in [2.75, 3.05) is 4.90 Å². The third-order valence-corrected chi connectivity index (χ3v) is 8.00. The lowest BCUT2D eigenvalue weighted by molar-refractivity contribution is -0.603. The first kappa shape index (κ1) is 20.4. The number of hydrogen-bond acceptors (Lipinski definition) is 1. The Kier molecular flexibility index (Phi) is 5.04. The maximum absolute atomic E-state index is 2.81. The van der Waals surface area contributed by atoms with Crippen LogP contribution in [0.4, 0.5) is 5.69 Å². The van der Waals surface area contributed by atoms with Crippen LogP contribution in [0.3, 0.4) is 0 Å². The molecule has 29 heavy (non-hydrogen) atoms. The molecule has 4 rings (SSSR count). The summed E-state index contributed by atoms with van der Waals surface area (Å²) in [5.41, 5.74) is 9.00. The fourth-order valence-corrected chi connectivity index (χ4v) is 6.93. The van der Waals surface area contributed by atoms with Gasteiger partial charge in [-0.3, -0.25) is 0 Å². The molecule has 0 unspecified atom stereocenters. The van der Waals surface area contributed by atoms with Crippen molar-refractivity contribution in [1.29, 1.82) is 0 Å². The summed E-state index contributed by atoms with van der Waals surface area (Å²) in [7, 11) is 0. The van der Waals surface area contributed by atoms with E-state index in [4.69, 9.17) is 0 Å². The first-order chi connectivity index (χ1) is 13.7. The highest BCUT2D eigenvalue weighted by Crippen LogP contribution is 2.56. The number of nitrogens with zero attached hydrogens (tertiary/aromatic N) is 2. The lowest BCUT2D eigenvalue weighted by Gasteiger charge is -2.42. The number of pyridine rings is 1. The van der Waals surface area contributed by atoms with Crippen molar-refractivity contribution in [3.63, 3.8) is 0 Å². The van der Waals surface area contributed by atoms with Gasteiger partial charge >= 0.3 is 0 Å². The molecule has 1 saturated carbocycles. The molecule has 1 spiro atoms. The molecule has 1 aromatic heterocycles. The lowest BCUT2D eigenvalue weighted by atomic mass is 9.68. The Balaban J connectivity index is 1.89. The van der Waals surface area contributed by atoms with E-state index in [-0.39, 0.29) is 5.54 Å². The highest BCUT2D eigenvalue weighted by molar-refractivity contribution is 5.68. The molecular weight excluding hydrogens is 352 g/mol. The Bertz CT molecular complexity index is 918. The van der Waals surface area contributed by atoms with Gasteiger partial charge in [-0.1, -0.05) is 25.3 Å². The number of aromatic nitrogens is 1. The Morgan fingerprint density at radius 3 is 2.31 bits per heavy atom. The third kappa shape index (κ3) is 3.20. The van der Waals surface area contributed by atoms with Crippen molar-refractivity contribution in [2.24, 2.45) is 5.41 Å². The van der Waals surface area contributed by atoms with Crippen molar-refractivity contribution in [1.82, 2.24) is 0 Å². The van der Waals surface area contributed by atoms with E-state index in [2.05, 4.69) is 88.4 Å². The minimum absolute atomic E-state index is 0.190. The van der Waals surface area contributed by atoms with Gasteiger partial charge in [0.25, 0.3) is 0 Å². The van der Waals surface area contributed by atoms with Crippen LogP contribution in [-0.4, -0.2) is 11.6 Å². The molecule has 0 bridgehead atoms. The Morgan fingerprint density at radius 1 is 0.966 bits per heavy atom. The largest absolute Gasteiger partial charge is 0.362 e. The molecule has 2 nitrogen and oxygen atoms in total. The van der Waals surface area contributed by atoms with Crippen molar-refractivity contribution in [3.8, 4) is 5.69 Å². The molecule has 0 N–H and O–H groups in total. The Morgan fingerprint density at radius 2 is 1.66 bits per heavy atom. The van der Waals surface area contributed by atoms with Crippen molar-refractivity contribution >= 4 is 5.69 Å². The second-order valence-corrected chi connectivity index (χ2v) is 10.5. The van der Waals surface area contributed by atoms with Gasteiger partial charge in [-0.05, 0) is 77.8 Å². The molecule has 1 aliphatic carbocycles. The molecule has 2 fully saturated rings. The van der Waals surface area contributed by atoms with E-state index in [9.17, 15) is 0 Å². The number of rotatable bonds is 2. The van der Waals surface area contributed by atoms with Crippen LogP contribution in [0.1, 0.15) is 81.7 Å². The second kappa shape index (κ2) is 7.15.